The molecule has 2 rings (SSSR count). The molecule has 4 nitrogen and oxygen atoms in total. The van der Waals surface area contributed by atoms with Gasteiger partial charge >= 0.3 is 0 Å². The molecule has 0 aromatic carbocycles. The zero-order valence-electron chi connectivity index (χ0n) is 9.12. The van der Waals surface area contributed by atoms with Crippen LogP contribution in [-0.4, -0.2) is 27.2 Å². The molecule has 1 saturated carbocycles. The van der Waals surface area contributed by atoms with E-state index < -0.39 is 5.60 Å². The zero-order valence-corrected chi connectivity index (χ0v) is 10.7. The van der Waals surface area contributed by atoms with E-state index >= 15 is 0 Å². The Kier molecular flexibility index (Phi) is 3.76. The Morgan fingerprint density at radius 3 is 2.81 bits per heavy atom. The summed E-state index contributed by atoms with van der Waals surface area (Å²) >= 11 is 3.37. The minimum atomic E-state index is -0.567. The molecule has 0 amide bonds. The molecule has 0 saturated heterocycles. The van der Waals surface area contributed by atoms with Gasteiger partial charge in [-0.05, 0) is 28.8 Å². The predicted octanol–water partition coefficient (Wildman–Crippen LogP) is 2.35. The summed E-state index contributed by atoms with van der Waals surface area (Å²) in [5.41, 5.74) is -0.567. The minimum absolute atomic E-state index is 0.558. The number of aliphatic hydroxyl groups is 1. The lowest BCUT2D eigenvalue weighted by Crippen LogP contribution is -2.39. The van der Waals surface area contributed by atoms with Crippen molar-refractivity contribution >= 4 is 21.7 Å². The fourth-order valence-electron chi connectivity index (χ4n) is 2.08. The summed E-state index contributed by atoms with van der Waals surface area (Å²) in [6, 6.07) is 0. The molecule has 1 heterocycles. The third-order valence-corrected chi connectivity index (χ3v) is 3.62. The first-order valence-electron chi connectivity index (χ1n) is 5.61. The third kappa shape index (κ3) is 2.92. The lowest BCUT2D eigenvalue weighted by molar-refractivity contribution is 0.0166. The summed E-state index contributed by atoms with van der Waals surface area (Å²) in [5.74, 6) is 0.744. The Labute approximate surface area is 104 Å². The fourth-order valence-corrected chi connectivity index (χ4v) is 2.44. The van der Waals surface area contributed by atoms with Crippen molar-refractivity contribution in [3.8, 4) is 0 Å². The second-order valence-corrected chi connectivity index (χ2v) is 5.21. The number of nitrogens with one attached hydrogen (secondary N) is 1. The summed E-state index contributed by atoms with van der Waals surface area (Å²) in [5, 5.41) is 13.5. The van der Waals surface area contributed by atoms with Crippen LogP contribution in [0.4, 0.5) is 5.82 Å². The van der Waals surface area contributed by atoms with E-state index in [0.29, 0.717) is 6.54 Å². The highest BCUT2D eigenvalue weighted by Gasteiger charge is 2.28. The maximum Gasteiger partial charge on any atom is 0.143 e. The molecule has 0 bridgehead atoms. The molecular formula is C11H16BrN3O. The molecule has 0 atom stereocenters. The molecule has 2 N–H and O–H groups in total. The largest absolute Gasteiger partial charge is 0.388 e. The normalized spacial score (nSPS) is 19.4. The van der Waals surface area contributed by atoms with E-state index in [2.05, 4.69) is 31.2 Å². The van der Waals surface area contributed by atoms with E-state index in [9.17, 15) is 5.11 Å². The molecule has 0 spiro atoms. The molecule has 1 aromatic rings. The summed E-state index contributed by atoms with van der Waals surface area (Å²) in [6.45, 7) is 0.558. The molecule has 1 fully saturated rings. The van der Waals surface area contributed by atoms with Crippen molar-refractivity contribution < 1.29 is 5.11 Å². The van der Waals surface area contributed by atoms with E-state index in [0.717, 1.165) is 36.0 Å². The van der Waals surface area contributed by atoms with E-state index in [1.54, 1.807) is 6.20 Å². The summed E-state index contributed by atoms with van der Waals surface area (Å²) < 4.78 is 0.828. The molecular weight excluding hydrogens is 270 g/mol. The molecule has 0 radical (unpaired) electrons. The quantitative estimate of drug-likeness (QED) is 0.895. The van der Waals surface area contributed by atoms with Crippen molar-refractivity contribution in [2.45, 2.75) is 37.7 Å². The maximum atomic E-state index is 10.3. The first kappa shape index (κ1) is 11.8. The van der Waals surface area contributed by atoms with Crippen molar-refractivity contribution in [2.24, 2.45) is 0 Å². The number of rotatable bonds is 3. The average molecular weight is 286 g/mol. The van der Waals surface area contributed by atoms with Gasteiger partial charge < -0.3 is 10.4 Å². The highest BCUT2D eigenvalue weighted by Crippen LogP contribution is 2.28. The number of halogens is 1. The highest BCUT2D eigenvalue weighted by atomic mass is 79.9. The molecule has 0 unspecified atom stereocenters. The number of hydrogen-bond acceptors (Lipinski definition) is 4. The molecule has 16 heavy (non-hydrogen) atoms. The number of anilines is 1. The second kappa shape index (κ2) is 5.10. The van der Waals surface area contributed by atoms with Crippen LogP contribution in [0.2, 0.25) is 0 Å². The Morgan fingerprint density at radius 2 is 2.12 bits per heavy atom. The zero-order chi connectivity index (χ0) is 11.4. The van der Waals surface area contributed by atoms with Gasteiger partial charge in [0.25, 0.3) is 0 Å². The monoisotopic (exact) mass is 285 g/mol. The lowest BCUT2D eigenvalue weighted by Gasteiger charge is -2.32. The van der Waals surface area contributed by atoms with Gasteiger partial charge in [0.1, 0.15) is 12.1 Å². The van der Waals surface area contributed by atoms with Gasteiger partial charge in [-0.1, -0.05) is 19.3 Å². The van der Waals surface area contributed by atoms with Crippen molar-refractivity contribution in [2.75, 3.05) is 11.9 Å². The maximum absolute atomic E-state index is 10.3. The molecule has 0 aliphatic heterocycles. The van der Waals surface area contributed by atoms with Crippen LogP contribution >= 0.6 is 15.9 Å². The lowest BCUT2D eigenvalue weighted by atomic mass is 9.85. The van der Waals surface area contributed by atoms with Crippen LogP contribution in [0, 0.1) is 0 Å². The van der Waals surface area contributed by atoms with Gasteiger partial charge in [0.15, 0.2) is 0 Å². The van der Waals surface area contributed by atoms with Crippen molar-refractivity contribution in [3.05, 3.63) is 17.0 Å². The third-order valence-electron chi connectivity index (χ3n) is 3.04. The van der Waals surface area contributed by atoms with E-state index in [1.807, 2.05) is 0 Å². The molecule has 1 aliphatic rings. The number of hydrogen-bond donors (Lipinski definition) is 2. The summed E-state index contributed by atoms with van der Waals surface area (Å²) in [4.78, 5) is 8.01. The SMILES string of the molecule is OC1(CNc2ncncc2Br)CCCCC1. The number of nitrogens with zero attached hydrogens (tertiary/aromatic N) is 2. The van der Waals surface area contributed by atoms with E-state index in [-0.39, 0.29) is 0 Å². The molecule has 1 aliphatic carbocycles. The first-order chi connectivity index (χ1) is 7.70. The number of aromatic nitrogens is 2. The standard InChI is InChI=1S/C11H16BrN3O/c12-9-6-13-8-15-10(9)14-7-11(16)4-2-1-3-5-11/h6,8,16H,1-5,7H2,(H,13,14,15). The van der Waals surface area contributed by atoms with Crippen molar-refractivity contribution in [1.29, 1.82) is 0 Å². The molecule has 88 valence electrons. The minimum Gasteiger partial charge on any atom is -0.388 e. The van der Waals surface area contributed by atoms with Gasteiger partial charge in [0.05, 0.1) is 10.1 Å². The highest BCUT2D eigenvalue weighted by molar-refractivity contribution is 9.10. The van der Waals surface area contributed by atoms with Gasteiger partial charge in [0.2, 0.25) is 0 Å². The Morgan fingerprint density at radius 1 is 1.38 bits per heavy atom. The van der Waals surface area contributed by atoms with Crippen LogP contribution in [0.3, 0.4) is 0 Å². The Hall–Kier alpha value is -0.680. The smallest absolute Gasteiger partial charge is 0.143 e. The fraction of sp³-hybridized carbons (Fsp3) is 0.636. The van der Waals surface area contributed by atoms with Gasteiger partial charge in [-0.2, -0.15) is 0 Å². The van der Waals surface area contributed by atoms with Gasteiger partial charge in [-0.3, -0.25) is 0 Å². The van der Waals surface area contributed by atoms with Crippen molar-refractivity contribution in [3.63, 3.8) is 0 Å². The predicted molar refractivity (Wildman–Crippen MR) is 66.3 cm³/mol. The van der Waals surface area contributed by atoms with Crippen LogP contribution in [0.25, 0.3) is 0 Å². The molecule has 1 aromatic heterocycles. The Bertz CT molecular complexity index is 353. The average Bonchev–Trinajstić information content (AvgIpc) is 2.29. The Balaban J connectivity index is 1.94. The van der Waals surface area contributed by atoms with Crippen LogP contribution in [0.15, 0.2) is 17.0 Å². The van der Waals surface area contributed by atoms with Crippen LogP contribution in [0.1, 0.15) is 32.1 Å². The van der Waals surface area contributed by atoms with Crippen molar-refractivity contribution in [1.82, 2.24) is 9.97 Å². The first-order valence-corrected chi connectivity index (χ1v) is 6.41. The summed E-state index contributed by atoms with van der Waals surface area (Å²) in [7, 11) is 0. The molecule has 5 heteroatoms. The summed E-state index contributed by atoms with van der Waals surface area (Å²) in [6.07, 6.45) is 8.41. The topological polar surface area (TPSA) is 58.0 Å². The second-order valence-electron chi connectivity index (χ2n) is 4.36. The van der Waals surface area contributed by atoms with Gasteiger partial charge in [-0.25, -0.2) is 9.97 Å². The van der Waals surface area contributed by atoms with Crippen LogP contribution in [-0.2, 0) is 0 Å². The van der Waals surface area contributed by atoms with Crippen LogP contribution in [0.5, 0.6) is 0 Å². The van der Waals surface area contributed by atoms with Crippen LogP contribution < -0.4 is 5.32 Å². The van der Waals surface area contributed by atoms with Gasteiger partial charge in [-0.15, -0.1) is 0 Å². The van der Waals surface area contributed by atoms with E-state index in [1.165, 1.54) is 12.7 Å². The van der Waals surface area contributed by atoms with E-state index in [4.69, 9.17) is 0 Å². The van der Waals surface area contributed by atoms with Gasteiger partial charge in [0, 0.05) is 12.7 Å².